The van der Waals surface area contributed by atoms with Crippen molar-refractivity contribution in [2.24, 2.45) is 0 Å². The minimum absolute atomic E-state index is 0.117. The number of rotatable bonds is 3. The molecule has 84 valence electrons. The van der Waals surface area contributed by atoms with Crippen LogP contribution in [0.1, 0.15) is 39.3 Å². The molecule has 15 heavy (non-hydrogen) atoms. The summed E-state index contributed by atoms with van der Waals surface area (Å²) in [5.74, 6) is 0. The fourth-order valence-electron chi connectivity index (χ4n) is 1.15. The molecule has 0 saturated carbocycles. The van der Waals surface area contributed by atoms with Crippen LogP contribution in [-0.2, 0) is 11.0 Å². The Morgan fingerprint density at radius 3 is 2.20 bits per heavy atom. The molecule has 0 bridgehead atoms. The molecule has 0 aliphatic carbocycles. The molecule has 1 aromatic carbocycles. The molecule has 0 aromatic heterocycles. The maximum absolute atomic E-state index is 11.8. The maximum atomic E-state index is 11.8. The first-order valence-electron chi connectivity index (χ1n) is 5.14. The van der Waals surface area contributed by atoms with Gasteiger partial charge in [0.1, 0.15) is 0 Å². The highest BCUT2D eigenvalue weighted by Crippen LogP contribution is 2.16. The van der Waals surface area contributed by atoms with Crippen molar-refractivity contribution in [3.63, 3.8) is 0 Å². The first kappa shape index (κ1) is 12.4. The van der Waals surface area contributed by atoms with Gasteiger partial charge in [0.05, 0.1) is 15.7 Å². The zero-order valence-electron chi connectivity index (χ0n) is 9.78. The summed E-state index contributed by atoms with van der Waals surface area (Å²) in [6.07, 6.45) is 0. The first-order valence-corrected chi connectivity index (χ1v) is 6.29. The van der Waals surface area contributed by atoms with Crippen LogP contribution in [-0.4, -0.2) is 8.96 Å². The summed E-state index contributed by atoms with van der Waals surface area (Å²) in [5, 5.41) is 0. The van der Waals surface area contributed by atoms with E-state index in [0.29, 0.717) is 0 Å². The summed E-state index contributed by atoms with van der Waals surface area (Å²) in [5.41, 5.74) is 1.16. The van der Waals surface area contributed by atoms with Gasteiger partial charge < -0.3 is 0 Å². The molecule has 1 rings (SSSR count). The van der Waals surface area contributed by atoms with E-state index in [1.54, 1.807) is 0 Å². The standard InChI is InChI=1S/C12H19NOS/c1-10(11-8-6-5-7-9-11)13-15(14)12(2,3)4/h5-10,13H,1-4H3/t10-,15+/m1/s1. The molecule has 0 saturated heterocycles. The second-order valence-corrected chi connectivity index (χ2v) is 6.63. The molecule has 0 aliphatic rings. The van der Waals surface area contributed by atoms with E-state index in [2.05, 4.69) is 4.72 Å². The number of hydrogen-bond donors (Lipinski definition) is 1. The monoisotopic (exact) mass is 225 g/mol. The molecule has 0 radical (unpaired) electrons. The summed E-state index contributed by atoms with van der Waals surface area (Å²) in [6, 6.07) is 10.2. The molecule has 3 heteroatoms. The minimum atomic E-state index is -1.02. The van der Waals surface area contributed by atoms with Crippen molar-refractivity contribution in [3.8, 4) is 0 Å². The molecule has 1 aromatic rings. The van der Waals surface area contributed by atoms with Crippen LogP contribution >= 0.6 is 0 Å². The minimum Gasteiger partial charge on any atom is -0.242 e. The van der Waals surface area contributed by atoms with Crippen molar-refractivity contribution >= 4 is 11.0 Å². The van der Waals surface area contributed by atoms with E-state index in [1.165, 1.54) is 0 Å². The van der Waals surface area contributed by atoms with Gasteiger partial charge in [-0.1, -0.05) is 30.3 Å². The van der Waals surface area contributed by atoms with Crippen molar-refractivity contribution in [3.05, 3.63) is 35.9 Å². The van der Waals surface area contributed by atoms with Gasteiger partial charge in [0.15, 0.2) is 0 Å². The average molecular weight is 225 g/mol. The normalized spacial score (nSPS) is 16.0. The van der Waals surface area contributed by atoms with Gasteiger partial charge in [0.25, 0.3) is 0 Å². The van der Waals surface area contributed by atoms with Gasteiger partial charge in [-0.05, 0) is 33.3 Å². The quantitative estimate of drug-likeness (QED) is 0.842. The third-order valence-electron chi connectivity index (χ3n) is 2.14. The molecule has 2 atom stereocenters. The van der Waals surface area contributed by atoms with Gasteiger partial charge in [-0.25, -0.2) is 8.93 Å². The van der Waals surface area contributed by atoms with E-state index in [4.69, 9.17) is 0 Å². The SMILES string of the molecule is C[C@@H](N[S@@](=O)C(C)(C)C)c1ccccc1. The van der Waals surface area contributed by atoms with Gasteiger partial charge in [0, 0.05) is 6.04 Å². The van der Waals surface area contributed by atoms with Crippen molar-refractivity contribution in [1.82, 2.24) is 4.72 Å². The van der Waals surface area contributed by atoms with Crippen LogP contribution in [0.2, 0.25) is 0 Å². The third kappa shape index (κ3) is 3.76. The van der Waals surface area contributed by atoms with Gasteiger partial charge in [0.2, 0.25) is 0 Å². The van der Waals surface area contributed by atoms with E-state index < -0.39 is 11.0 Å². The Morgan fingerprint density at radius 1 is 1.20 bits per heavy atom. The van der Waals surface area contributed by atoms with Gasteiger partial charge in [-0.2, -0.15) is 0 Å². The smallest absolute Gasteiger partial charge is 0.0975 e. The molecular formula is C12H19NOS. The molecule has 0 heterocycles. The van der Waals surface area contributed by atoms with E-state index in [1.807, 2.05) is 58.0 Å². The topological polar surface area (TPSA) is 29.1 Å². The van der Waals surface area contributed by atoms with Crippen molar-refractivity contribution in [2.45, 2.75) is 38.5 Å². The fourth-order valence-corrected chi connectivity index (χ4v) is 1.96. The molecule has 0 unspecified atom stereocenters. The number of benzene rings is 1. The Labute approximate surface area is 94.7 Å². The molecule has 2 nitrogen and oxygen atoms in total. The highest BCUT2D eigenvalue weighted by Gasteiger charge is 2.21. The molecule has 0 spiro atoms. The van der Waals surface area contributed by atoms with E-state index in [9.17, 15) is 4.21 Å². The lowest BCUT2D eigenvalue weighted by molar-refractivity contribution is 0.616. The van der Waals surface area contributed by atoms with Gasteiger partial charge in [-0.15, -0.1) is 0 Å². The van der Waals surface area contributed by atoms with E-state index in [-0.39, 0.29) is 10.8 Å². The Balaban J connectivity index is 2.65. The lowest BCUT2D eigenvalue weighted by Crippen LogP contribution is -2.34. The van der Waals surface area contributed by atoms with Crippen LogP contribution in [0.4, 0.5) is 0 Å². The molecule has 0 aliphatic heterocycles. The highest BCUT2D eigenvalue weighted by molar-refractivity contribution is 7.84. The summed E-state index contributed by atoms with van der Waals surface area (Å²) in [7, 11) is -1.02. The van der Waals surface area contributed by atoms with Crippen LogP contribution in [0.3, 0.4) is 0 Å². The van der Waals surface area contributed by atoms with Crippen LogP contribution in [0, 0.1) is 0 Å². The molecular weight excluding hydrogens is 206 g/mol. The van der Waals surface area contributed by atoms with Crippen molar-refractivity contribution in [2.75, 3.05) is 0 Å². The second-order valence-electron chi connectivity index (χ2n) is 4.63. The number of nitrogens with one attached hydrogen (secondary N) is 1. The summed E-state index contributed by atoms with van der Waals surface area (Å²) >= 11 is 0. The molecule has 1 N–H and O–H groups in total. The van der Waals surface area contributed by atoms with Gasteiger partial charge >= 0.3 is 0 Å². The van der Waals surface area contributed by atoms with Crippen LogP contribution < -0.4 is 4.72 Å². The maximum Gasteiger partial charge on any atom is 0.0975 e. The Bertz CT molecular complexity index is 329. The predicted molar refractivity (Wildman–Crippen MR) is 65.9 cm³/mol. The van der Waals surface area contributed by atoms with Crippen molar-refractivity contribution in [1.29, 1.82) is 0 Å². The second kappa shape index (κ2) is 4.90. The highest BCUT2D eigenvalue weighted by atomic mass is 32.2. The molecule has 0 fully saturated rings. The lowest BCUT2D eigenvalue weighted by atomic mass is 10.1. The Kier molecular flexibility index (Phi) is 4.05. The van der Waals surface area contributed by atoms with Crippen molar-refractivity contribution < 1.29 is 4.21 Å². The Morgan fingerprint density at radius 2 is 1.73 bits per heavy atom. The summed E-state index contributed by atoms with van der Waals surface area (Å²) in [4.78, 5) is 0. The van der Waals surface area contributed by atoms with Gasteiger partial charge in [-0.3, -0.25) is 0 Å². The summed E-state index contributed by atoms with van der Waals surface area (Å²) in [6.45, 7) is 7.93. The number of hydrogen-bond acceptors (Lipinski definition) is 1. The largest absolute Gasteiger partial charge is 0.242 e. The van der Waals surface area contributed by atoms with E-state index >= 15 is 0 Å². The van der Waals surface area contributed by atoms with Crippen LogP contribution in [0.25, 0.3) is 0 Å². The first-order chi connectivity index (χ1) is 6.91. The van der Waals surface area contributed by atoms with E-state index in [0.717, 1.165) is 5.56 Å². The Hall–Kier alpha value is -0.670. The third-order valence-corrected chi connectivity index (χ3v) is 3.82. The van der Waals surface area contributed by atoms with Crippen LogP contribution in [0.15, 0.2) is 30.3 Å². The average Bonchev–Trinajstić information content (AvgIpc) is 2.17. The van der Waals surface area contributed by atoms with Crippen LogP contribution in [0.5, 0.6) is 0 Å². The summed E-state index contributed by atoms with van der Waals surface area (Å²) < 4.78 is 14.7. The fraction of sp³-hybridized carbons (Fsp3) is 0.500. The molecule has 0 amide bonds. The predicted octanol–water partition coefficient (Wildman–Crippen LogP) is 2.80. The zero-order valence-corrected chi connectivity index (χ0v) is 10.6. The zero-order chi connectivity index (χ0) is 11.5. The lowest BCUT2D eigenvalue weighted by Gasteiger charge is -2.22.